The molecule has 0 amide bonds. The molecule has 1 N–H and O–H groups in total. The van der Waals surface area contributed by atoms with Gasteiger partial charge in [-0.05, 0) is 55.2 Å². The van der Waals surface area contributed by atoms with E-state index in [-0.39, 0.29) is 10.8 Å². The van der Waals surface area contributed by atoms with E-state index in [1.54, 1.807) is 24.3 Å². The van der Waals surface area contributed by atoms with Crippen molar-refractivity contribution in [2.75, 3.05) is 11.3 Å². The van der Waals surface area contributed by atoms with Crippen LogP contribution < -0.4 is 9.46 Å². The molecule has 142 valence electrons. The van der Waals surface area contributed by atoms with Crippen molar-refractivity contribution in [2.24, 2.45) is 0 Å². The smallest absolute Gasteiger partial charge is 0.261 e. The first-order chi connectivity index (χ1) is 12.9. The minimum absolute atomic E-state index is 0.198. The van der Waals surface area contributed by atoms with Gasteiger partial charge in [0.25, 0.3) is 10.0 Å². The molecule has 1 unspecified atom stereocenters. The fourth-order valence-electron chi connectivity index (χ4n) is 2.93. The Kier molecular flexibility index (Phi) is 5.65. The lowest BCUT2D eigenvalue weighted by atomic mass is 9.98. The van der Waals surface area contributed by atoms with E-state index in [0.717, 1.165) is 28.6 Å². The second kappa shape index (κ2) is 7.96. The third-order valence-electron chi connectivity index (χ3n) is 4.58. The molecular weight excluding hydrogens is 360 g/mol. The molecule has 2 aromatic carbocycles. The molecule has 3 rings (SSSR count). The quantitative estimate of drug-likeness (QED) is 0.626. The molecule has 3 aromatic rings. The number of rotatable bonds is 7. The van der Waals surface area contributed by atoms with Crippen LogP contribution in [0.1, 0.15) is 38.7 Å². The Morgan fingerprint density at radius 3 is 2.63 bits per heavy atom. The van der Waals surface area contributed by atoms with Crippen LogP contribution in [0.3, 0.4) is 0 Å². The maximum Gasteiger partial charge on any atom is 0.261 e. The van der Waals surface area contributed by atoms with Gasteiger partial charge in [0, 0.05) is 5.39 Å². The van der Waals surface area contributed by atoms with Gasteiger partial charge in [-0.3, -0.25) is 9.71 Å². The van der Waals surface area contributed by atoms with Gasteiger partial charge in [-0.1, -0.05) is 32.0 Å². The Balaban J connectivity index is 1.95. The van der Waals surface area contributed by atoms with Gasteiger partial charge in [0.05, 0.1) is 28.9 Å². The van der Waals surface area contributed by atoms with E-state index in [2.05, 4.69) is 23.6 Å². The number of fused-ring (bicyclic) bond motifs is 1. The molecule has 0 saturated heterocycles. The third kappa shape index (κ3) is 4.22. The molecule has 0 fully saturated rings. The highest BCUT2D eigenvalue weighted by Gasteiger charge is 2.19. The van der Waals surface area contributed by atoms with Crippen molar-refractivity contribution >= 4 is 26.6 Å². The van der Waals surface area contributed by atoms with E-state index in [4.69, 9.17) is 4.74 Å². The van der Waals surface area contributed by atoms with E-state index in [1.807, 2.05) is 31.2 Å². The molecular formula is C21H24N2O3S. The predicted octanol–water partition coefficient (Wildman–Crippen LogP) is 4.95. The van der Waals surface area contributed by atoms with E-state index in [1.165, 1.54) is 6.20 Å². The number of nitrogens with zero attached hydrogens (tertiary/aromatic N) is 1. The molecule has 0 aliphatic heterocycles. The summed E-state index contributed by atoms with van der Waals surface area (Å²) in [6.45, 7) is 6.59. The van der Waals surface area contributed by atoms with Crippen molar-refractivity contribution in [2.45, 2.75) is 38.0 Å². The van der Waals surface area contributed by atoms with Crippen molar-refractivity contribution < 1.29 is 13.2 Å². The van der Waals surface area contributed by atoms with Gasteiger partial charge < -0.3 is 4.74 Å². The summed E-state index contributed by atoms with van der Waals surface area (Å²) in [5.41, 5.74) is 2.16. The highest BCUT2D eigenvalue weighted by atomic mass is 32.2. The lowest BCUT2D eigenvalue weighted by Crippen LogP contribution is -2.14. The predicted molar refractivity (Wildman–Crippen MR) is 109 cm³/mol. The van der Waals surface area contributed by atoms with Crippen LogP contribution in [0.4, 0.5) is 5.69 Å². The van der Waals surface area contributed by atoms with Crippen molar-refractivity contribution in [3.63, 3.8) is 0 Å². The Hall–Kier alpha value is -2.60. The molecule has 1 aromatic heterocycles. The normalized spacial score (nSPS) is 12.7. The van der Waals surface area contributed by atoms with Gasteiger partial charge in [0.15, 0.2) is 0 Å². The SMILES string of the molecule is CCOc1ccc(S(=O)(=O)Nc2cnc3ccccc3c2)cc1C(C)CC. The zero-order chi connectivity index (χ0) is 19.4. The topological polar surface area (TPSA) is 68.3 Å². The summed E-state index contributed by atoms with van der Waals surface area (Å²) < 4.78 is 34.1. The number of ether oxygens (including phenoxy) is 1. The molecule has 1 atom stereocenters. The van der Waals surface area contributed by atoms with Crippen LogP contribution in [-0.2, 0) is 10.0 Å². The van der Waals surface area contributed by atoms with Crippen molar-refractivity contribution in [1.29, 1.82) is 0 Å². The summed E-state index contributed by atoms with van der Waals surface area (Å²) in [5, 5.41) is 0.879. The first-order valence-corrected chi connectivity index (χ1v) is 10.6. The van der Waals surface area contributed by atoms with Crippen molar-refractivity contribution in [1.82, 2.24) is 4.98 Å². The number of benzene rings is 2. The standard InChI is InChI=1S/C21H24N2O3S/c1-4-15(3)19-13-18(10-11-21(19)26-5-2)27(24,25)23-17-12-16-8-6-7-9-20(16)22-14-17/h6-15,23H,4-5H2,1-3H3. The summed E-state index contributed by atoms with van der Waals surface area (Å²) in [6.07, 6.45) is 2.43. The largest absolute Gasteiger partial charge is 0.494 e. The van der Waals surface area contributed by atoms with E-state index in [0.29, 0.717) is 12.3 Å². The van der Waals surface area contributed by atoms with E-state index in [9.17, 15) is 8.42 Å². The maximum atomic E-state index is 12.9. The highest BCUT2D eigenvalue weighted by molar-refractivity contribution is 7.92. The second-order valence-corrected chi connectivity index (χ2v) is 8.15. The minimum atomic E-state index is -3.72. The Morgan fingerprint density at radius 2 is 1.89 bits per heavy atom. The summed E-state index contributed by atoms with van der Waals surface area (Å²) in [5.74, 6) is 0.933. The monoisotopic (exact) mass is 384 g/mol. The van der Waals surface area contributed by atoms with Crippen LogP contribution in [0.15, 0.2) is 59.6 Å². The number of nitrogens with one attached hydrogen (secondary N) is 1. The summed E-state index contributed by atoms with van der Waals surface area (Å²) in [4.78, 5) is 4.53. The van der Waals surface area contributed by atoms with Crippen LogP contribution in [0.5, 0.6) is 5.75 Å². The van der Waals surface area contributed by atoms with Crippen LogP contribution in [0, 0.1) is 0 Å². The number of hydrogen-bond donors (Lipinski definition) is 1. The summed E-state index contributed by atoms with van der Waals surface area (Å²) in [7, 11) is -3.72. The van der Waals surface area contributed by atoms with Gasteiger partial charge in [0.2, 0.25) is 0 Å². The van der Waals surface area contributed by atoms with Crippen LogP contribution >= 0.6 is 0 Å². The van der Waals surface area contributed by atoms with Gasteiger partial charge in [-0.15, -0.1) is 0 Å². The van der Waals surface area contributed by atoms with Crippen LogP contribution in [-0.4, -0.2) is 20.0 Å². The molecule has 5 nitrogen and oxygen atoms in total. The molecule has 0 saturated carbocycles. The lowest BCUT2D eigenvalue weighted by Gasteiger charge is -2.17. The average molecular weight is 385 g/mol. The number of para-hydroxylation sites is 1. The van der Waals surface area contributed by atoms with Crippen molar-refractivity contribution in [3.8, 4) is 5.75 Å². The van der Waals surface area contributed by atoms with Crippen LogP contribution in [0.2, 0.25) is 0 Å². The molecule has 0 aliphatic carbocycles. The van der Waals surface area contributed by atoms with Crippen molar-refractivity contribution in [3.05, 3.63) is 60.3 Å². The molecule has 27 heavy (non-hydrogen) atoms. The fourth-order valence-corrected chi connectivity index (χ4v) is 4.00. The highest BCUT2D eigenvalue weighted by Crippen LogP contribution is 2.32. The minimum Gasteiger partial charge on any atom is -0.494 e. The molecule has 0 bridgehead atoms. The molecule has 6 heteroatoms. The average Bonchev–Trinajstić information content (AvgIpc) is 2.67. The first kappa shape index (κ1) is 19.2. The fraction of sp³-hybridized carbons (Fsp3) is 0.286. The Morgan fingerprint density at radius 1 is 1.11 bits per heavy atom. The van der Waals surface area contributed by atoms with Gasteiger partial charge in [-0.25, -0.2) is 8.42 Å². The number of anilines is 1. The number of sulfonamides is 1. The Labute approximate surface area is 160 Å². The zero-order valence-electron chi connectivity index (χ0n) is 15.8. The summed E-state index contributed by atoms with van der Waals surface area (Å²) >= 11 is 0. The number of pyridine rings is 1. The van der Waals surface area contributed by atoms with Gasteiger partial charge >= 0.3 is 0 Å². The Bertz CT molecular complexity index is 1050. The second-order valence-electron chi connectivity index (χ2n) is 6.46. The number of hydrogen-bond acceptors (Lipinski definition) is 4. The summed E-state index contributed by atoms with van der Waals surface area (Å²) in [6, 6.07) is 14.4. The molecule has 0 spiro atoms. The maximum absolute atomic E-state index is 12.9. The molecule has 0 radical (unpaired) electrons. The number of aromatic nitrogens is 1. The van der Waals surface area contributed by atoms with E-state index < -0.39 is 10.0 Å². The molecule has 1 heterocycles. The van der Waals surface area contributed by atoms with E-state index >= 15 is 0 Å². The lowest BCUT2D eigenvalue weighted by molar-refractivity contribution is 0.334. The third-order valence-corrected chi connectivity index (χ3v) is 5.96. The van der Waals surface area contributed by atoms with Gasteiger partial charge in [0.1, 0.15) is 5.75 Å². The zero-order valence-corrected chi connectivity index (χ0v) is 16.6. The first-order valence-electron chi connectivity index (χ1n) is 9.09. The molecule has 0 aliphatic rings. The van der Waals surface area contributed by atoms with Crippen LogP contribution in [0.25, 0.3) is 10.9 Å². The van der Waals surface area contributed by atoms with Gasteiger partial charge in [-0.2, -0.15) is 0 Å².